The number of alkyl halides is 1. The van der Waals surface area contributed by atoms with Gasteiger partial charge in [-0.2, -0.15) is 5.10 Å². The Bertz CT molecular complexity index is 460. The van der Waals surface area contributed by atoms with E-state index in [0.717, 1.165) is 0 Å². The molecule has 0 aromatic heterocycles. The first kappa shape index (κ1) is 10.7. The number of benzene rings is 1. The van der Waals surface area contributed by atoms with Crippen LogP contribution in [-0.2, 0) is 9.79 Å². The lowest BCUT2D eigenvalue weighted by Crippen LogP contribution is -2.43. The molecule has 0 fully saturated rings. The molecule has 3 nitrogen and oxygen atoms in total. The van der Waals surface area contributed by atoms with Gasteiger partial charge in [0.15, 0.2) is 5.17 Å². The minimum absolute atomic E-state index is 0.250. The van der Waals surface area contributed by atoms with Gasteiger partial charge in [-0.05, 0) is 11.6 Å². The zero-order valence-electron chi connectivity index (χ0n) is 7.30. The fraction of sp³-hybridized carbons (Fsp3) is 0.111. The van der Waals surface area contributed by atoms with E-state index >= 15 is 0 Å². The molecule has 1 heterocycles. The Hall–Kier alpha value is -0.770. The topological polar surface area (TPSA) is 41.5 Å². The van der Waals surface area contributed by atoms with E-state index in [1.165, 1.54) is 0 Å². The summed E-state index contributed by atoms with van der Waals surface area (Å²) in [6.07, 6.45) is 0. The summed E-state index contributed by atoms with van der Waals surface area (Å²) in [5.74, 6) is 0. The van der Waals surface area contributed by atoms with Crippen LogP contribution in [0.2, 0.25) is 0 Å². The number of hydrogen-bond acceptors (Lipinski definition) is 3. The normalized spacial score (nSPS) is 23.8. The summed E-state index contributed by atoms with van der Waals surface area (Å²) in [7, 11) is 0. The molecule has 1 aliphatic heterocycles. The number of nitrogens with one attached hydrogen (secondary N) is 1. The molecule has 15 heavy (non-hydrogen) atoms. The zero-order valence-corrected chi connectivity index (χ0v) is 9.57. The number of fused-ring (bicyclic) bond motifs is 1. The molecule has 0 radical (unpaired) electrons. The van der Waals surface area contributed by atoms with Crippen LogP contribution in [0, 0.1) is 0 Å². The molecular weight excluding hydrogens is 258 g/mol. The van der Waals surface area contributed by atoms with Crippen LogP contribution in [0.15, 0.2) is 29.4 Å². The third-order valence-electron chi connectivity index (χ3n) is 2.10. The number of hydrazone groups is 1. The first-order chi connectivity index (χ1) is 7.05. The molecule has 0 amide bonds. The maximum Gasteiger partial charge on any atom is 0.268 e. The predicted molar refractivity (Wildman–Crippen MR) is 60.4 cm³/mol. The van der Waals surface area contributed by atoms with Gasteiger partial charge in [-0.15, -0.1) is 0 Å². The van der Waals surface area contributed by atoms with Crippen molar-refractivity contribution in [3.63, 3.8) is 0 Å². The van der Waals surface area contributed by atoms with Crippen LogP contribution in [0.1, 0.15) is 11.1 Å². The van der Waals surface area contributed by atoms with E-state index < -0.39 is 10.2 Å². The van der Waals surface area contributed by atoms with Crippen molar-refractivity contribution in [1.29, 1.82) is 0 Å². The fourth-order valence-electron chi connectivity index (χ4n) is 1.36. The molecule has 1 N–H and O–H groups in total. The summed E-state index contributed by atoms with van der Waals surface area (Å²) in [5.41, 5.74) is 3.55. The molecule has 78 valence electrons. The quantitative estimate of drug-likeness (QED) is 0.480. The van der Waals surface area contributed by atoms with Crippen molar-refractivity contribution in [2.24, 2.45) is 5.10 Å². The molecule has 1 aliphatic rings. The number of halogens is 3. The van der Waals surface area contributed by atoms with Crippen molar-refractivity contribution in [2.45, 2.75) is 5.00 Å². The van der Waals surface area contributed by atoms with Crippen LogP contribution < -0.4 is 5.43 Å². The summed E-state index contributed by atoms with van der Waals surface area (Å²) in [6, 6.07) is 6.91. The molecule has 2 rings (SSSR count). The SMILES string of the molecule is O=C(Cl)C1(Cl)NN=C(Cl)c2ccccc21. The molecule has 0 aliphatic carbocycles. The minimum Gasteiger partial charge on any atom is -0.277 e. The van der Waals surface area contributed by atoms with Crippen molar-refractivity contribution in [3.05, 3.63) is 35.4 Å². The number of carbonyl (C=O) groups excluding carboxylic acids is 1. The standard InChI is InChI=1S/C9H5Cl3N2O/c10-7-5-3-1-2-4-6(5)9(12,8(11)15)14-13-7/h1-4,14H. The fourth-order valence-corrected chi connectivity index (χ4v) is 1.92. The highest BCUT2D eigenvalue weighted by Gasteiger charge is 2.41. The number of carbonyl (C=O) groups is 1. The first-order valence-electron chi connectivity index (χ1n) is 4.05. The van der Waals surface area contributed by atoms with E-state index in [4.69, 9.17) is 34.8 Å². The molecule has 0 saturated carbocycles. The van der Waals surface area contributed by atoms with Gasteiger partial charge in [0.1, 0.15) is 0 Å². The van der Waals surface area contributed by atoms with Crippen LogP contribution >= 0.6 is 34.8 Å². The van der Waals surface area contributed by atoms with E-state index in [1.54, 1.807) is 24.3 Å². The maximum atomic E-state index is 11.2. The summed E-state index contributed by atoms with van der Waals surface area (Å²) < 4.78 is 0. The van der Waals surface area contributed by atoms with Gasteiger partial charge in [-0.3, -0.25) is 10.2 Å². The summed E-state index contributed by atoms with van der Waals surface area (Å²) in [6.45, 7) is 0. The van der Waals surface area contributed by atoms with Crippen molar-refractivity contribution in [1.82, 2.24) is 5.43 Å². The maximum absolute atomic E-state index is 11.2. The van der Waals surface area contributed by atoms with E-state index in [1.807, 2.05) is 0 Å². The average molecular weight is 264 g/mol. The number of rotatable bonds is 1. The summed E-state index contributed by atoms with van der Waals surface area (Å²) in [5, 5.41) is 3.24. The third-order valence-corrected chi connectivity index (χ3v) is 3.23. The van der Waals surface area contributed by atoms with Gasteiger partial charge in [0.2, 0.25) is 5.00 Å². The van der Waals surface area contributed by atoms with Gasteiger partial charge >= 0.3 is 0 Å². The van der Waals surface area contributed by atoms with Gasteiger partial charge < -0.3 is 0 Å². The van der Waals surface area contributed by atoms with Gasteiger partial charge in [0.25, 0.3) is 5.24 Å². The Kier molecular flexibility index (Phi) is 2.63. The Balaban J connectivity index is 2.65. The van der Waals surface area contributed by atoms with E-state index in [0.29, 0.717) is 11.1 Å². The van der Waals surface area contributed by atoms with Crippen molar-refractivity contribution >= 4 is 45.2 Å². The molecule has 1 aromatic rings. The average Bonchev–Trinajstić information content (AvgIpc) is 2.24. The lowest BCUT2D eigenvalue weighted by atomic mass is 10.0. The monoisotopic (exact) mass is 262 g/mol. The molecule has 1 atom stereocenters. The lowest BCUT2D eigenvalue weighted by Gasteiger charge is -2.28. The van der Waals surface area contributed by atoms with Crippen molar-refractivity contribution in [2.75, 3.05) is 0 Å². The summed E-state index contributed by atoms with van der Waals surface area (Å²) in [4.78, 5) is 9.72. The van der Waals surface area contributed by atoms with Crippen molar-refractivity contribution in [3.8, 4) is 0 Å². The molecule has 1 unspecified atom stereocenters. The second-order valence-corrected chi connectivity index (χ2v) is 4.26. The van der Waals surface area contributed by atoms with Crippen LogP contribution in [-0.4, -0.2) is 10.4 Å². The van der Waals surface area contributed by atoms with Crippen LogP contribution in [0.3, 0.4) is 0 Å². The molecule has 6 heteroatoms. The highest BCUT2D eigenvalue weighted by molar-refractivity contribution is 6.72. The highest BCUT2D eigenvalue weighted by atomic mass is 35.5. The molecule has 1 aromatic carbocycles. The number of hydrogen-bond donors (Lipinski definition) is 1. The molecule has 0 bridgehead atoms. The highest BCUT2D eigenvalue weighted by Crippen LogP contribution is 2.34. The Morgan fingerprint density at radius 2 is 2.07 bits per heavy atom. The van der Waals surface area contributed by atoms with Gasteiger partial charge in [-0.1, -0.05) is 47.5 Å². The molecule has 0 saturated heterocycles. The van der Waals surface area contributed by atoms with Crippen molar-refractivity contribution < 1.29 is 4.79 Å². The Morgan fingerprint density at radius 1 is 1.40 bits per heavy atom. The first-order valence-corrected chi connectivity index (χ1v) is 5.18. The Morgan fingerprint density at radius 3 is 2.73 bits per heavy atom. The van der Waals surface area contributed by atoms with Gasteiger partial charge in [-0.25, -0.2) is 0 Å². The molecule has 0 spiro atoms. The lowest BCUT2D eigenvalue weighted by molar-refractivity contribution is -0.115. The Labute approximate surface area is 101 Å². The number of nitrogens with zero attached hydrogens (tertiary/aromatic N) is 1. The zero-order chi connectivity index (χ0) is 11.1. The largest absolute Gasteiger partial charge is 0.277 e. The van der Waals surface area contributed by atoms with Crippen LogP contribution in [0.5, 0.6) is 0 Å². The van der Waals surface area contributed by atoms with Crippen LogP contribution in [0.25, 0.3) is 0 Å². The summed E-state index contributed by atoms with van der Waals surface area (Å²) >= 11 is 17.3. The van der Waals surface area contributed by atoms with Gasteiger partial charge in [0.05, 0.1) is 0 Å². The predicted octanol–water partition coefficient (Wildman–Crippen LogP) is 2.35. The third kappa shape index (κ3) is 1.61. The van der Waals surface area contributed by atoms with Gasteiger partial charge in [0, 0.05) is 11.1 Å². The van der Waals surface area contributed by atoms with E-state index in [9.17, 15) is 4.79 Å². The smallest absolute Gasteiger partial charge is 0.268 e. The molecular formula is C9H5Cl3N2O. The van der Waals surface area contributed by atoms with E-state index in [2.05, 4.69) is 10.5 Å². The second kappa shape index (κ2) is 3.67. The van der Waals surface area contributed by atoms with E-state index in [-0.39, 0.29) is 5.17 Å². The second-order valence-electron chi connectivity index (χ2n) is 2.99. The van der Waals surface area contributed by atoms with Crippen LogP contribution in [0.4, 0.5) is 0 Å². The minimum atomic E-state index is -1.53.